The Morgan fingerprint density at radius 1 is 1.32 bits per heavy atom. The zero-order valence-corrected chi connectivity index (χ0v) is 12.1. The van der Waals surface area contributed by atoms with Crippen LogP contribution < -0.4 is 5.32 Å². The van der Waals surface area contributed by atoms with Gasteiger partial charge in [0, 0.05) is 18.2 Å². The fourth-order valence-corrected chi connectivity index (χ4v) is 2.10. The Bertz CT molecular complexity index is 619. The van der Waals surface area contributed by atoms with Crippen LogP contribution in [0.2, 0.25) is 0 Å². The van der Waals surface area contributed by atoms with Crippen molar-refractivity contribution in [3.63, 3.8) is 0 Å². The van der Waals surface area contributed by atoms with Crippen molar-refractivity contribution in [2.45, 2.75) is 19.8 Å². The first-order chi connectivity index (χ1) is 9.21. The summed E-state index contributed by atoms with van der Waals surface area (Å²) in [4.78, 5) is 8.75. The van der Waals surface area contributed by atoms with Crippen molar-refractivity contribution >= 4 is 27.4 Å². The number of nitriles is 1. The van der Waals surface area contributed by atoms with Gasteiger partial charge in [0.15, 0.2) is 0 Å². The second kappa shape index (κ2) is 6.30. The molecule has 2 rings (SSSR count). The molecule has 0 saturated heterocycles. The van der Waals surface area contributed by atoms with Crippen LogP contribution in [0.25, 0.3) is 0 Å². The molecule has 1 N–H and O–H groups in total. The molecular weight excluding hydrogens is 304 g/mol. The highest BCUT2D eigenvalue weighted by Crippen LogP contribution is 2.19. The molecule has 96 valence electrons. The minimum Gasteiger partial charge on any atom is -0.340 e. The summed E-state index contributed by atoms with van der Waals surface area (Å²) in [5.74, 6) is 1.52. The van der Waals surface area contributed by atoms with E-state index in [9.17, 15) is 0 Å². The number of rotatable bonds is 4. The van der Waals surface area contributed by atoms with E-state index >= 15 is 0 Å². The van der Waals surface area contributed by atoms with E-state index in [1.807, 2.05) is 18.2 Å². The SMILES string of the molecule is CCCc1nc(Br)cc(Nc2cccc(C#N)c2)n1. The van der Waals surface area contributed by atoms with Crippen LogP contribution in [0.3, 0.4) is 0 Å². The van der Waals surface area contributed by atoms with Gasteiger partial charge in [0.2, 0.25) is 0 Å². The Hall–Kier alpha value is -1.93. The van der Waals surface area contributed by atoms with Crippen molar-refractivity contribution in [1.29, 1.82) is 5.26 Å². The van der Waals surface area contributed by atoms with Gasteiger partial charge in [-0.3, -0.25) is 0 Å². The average molecular weight is 317 g/mol. The average Bonchev–Trinajstić information content (AvgIpc) is 2.38. The number of benzene rings is 1. The molecule has 0 aliphatic rings. The van der Waals surface area contributed by atoms with Crippen LogP contribution >= 0.6 is 15.9 Å². The third-order valence-electron chi connectivity index (χ3n) is 2.48. The number of aryl methyl sites for hydroxylation is 1. The van der Waals surface area contributed by atoms with E-state index in [1.54, 1.807) is 12.1 Å². The third kappa shape index (κ3) is 3.76. The molecule has 0 bridgehead atoms. The normalized spacial score (nSPS) is 9.95. The summed E-state index contributed by atoms with van der Waals surface area (Å²) in [6, 6.07) is 11.2. The quantitative estimate of drug-likeness (QED) is 0.871. The van der Waals surface area contributed by atoms with Crippen LogP contribution in [0.4, 0.5) is 11.5 Å². The molecule has 0 spiro atoms. The van der Waals surface area contributed by atoms with Crippen molar-refractivity contribution in [3.05, 3.63) is 46.3 Å². The lowest BCUT2D eigenvalue weighted by atomic mass is 10.2. The zero-order chi connectivity index (χ0) is 13.7. The van der Waals surface area contributed by atoms with Gasteiger partial charge in [-0.2, -0.15) is 5.26 Å². The first-order valence-electron chi connectivity index (χ1n) is 6.02. The number of nitrogens with one attached hydrogen (secondary N) is 1. The Morgan fingerprint density at radius 3 is 2.89 bits per heavy atom. The summed E-state index contributed by atoms with van der Waals surface area (Å²) < 4.78 is 0.755. The lowest BCUT2D eigenvalue weighted by molar-refractivity contribution is 0.831. The summed E-state index contributed by atoms with van der Waals surface area (Å²) in [5.41, 5.74) is 1.46. The number of anilines is 2. The van der Waals surface area contributed by atoms with Crippen LogP contribution in [-0.4, -0.2) is 9.97 Å². The minimum atomic E-state index is 0.618. The van der Waals surface area contributed by atoms with E-state index in [2.05, 4.69) is 44.2 Å². The van der Waals surface area contributed by atoms with Crippen LogP contribution in [0.1, 0.15) is 24.7 Å². The molecule has 0 radical (unpaired) electrons. The van der Waals surface area contributed by atoms with Gasteiger partial charge >= 0.3 is 0 Å². The van der Waals surface area contributed by atoms with Gasteiger partial charge in [0.05, 0.1) is 11.6 Å². The first kappa shape index (κ1) is 13.5. The van der Waals surface area contributed by atoms with Crippen LogP contribution in [-0.2, 0) is 6.42 Å². The topological polar surface area (TPSA) is 61.6 Å². The predicted molar refractivity (Wildman–Crippen MR) is 78.2 cm³/mol. The molecule has 0 aliphatic heterocycles. The van der Waals surface area contributed by atoms with Crippen molar-refractivity contribution in [2.24, 2.45) is 0 Å². The summed E-state index contributed by atoms with van der Waals surface area (Å²) in [6.07, 6.45) is 1.84. The second-order valence-corrected chi connectivity index (χ2v) is 4.87. The Balaban J connectivity index is 2.25. The summed E-state index contributed by atoms with van der Waals surface area (Å²) in [6.45, 7) is 2.09. The molecule has 4 nitrogen and oxygen atoms in total. The molecule has 5 heteroatoms. The lowest BCUT2D eigenvalue weighted by Gasteiger charge is -2.08. The first-order valence-corrected chi connectivity index (χ1v) is 6.81. The molecule has 1 aromatic heterocycles. The van der Waals surface area contributed by atoms with Crippen LogP contribution in [0.5, 0.6) is 0 Å². The predicted octanol–water partition coefficient (Wildman–Crippen LogP) is 3.81. The van der Waals surface area contributed by atoms with Crippen LogP contribution in [0.15, 0.2) is 34.9 Å². The van der Waals surface area contributed by atoms with Gasteiger partial charge in [-0.15, -0.1) is 0 Å². The summed E-state index contributed by atoms with van der Waals surface area (Å²) >= 11 is 3.38. The van der Waals surface area contributed by atoms with Gasteiger partial charge in [-0.05, 0) is 40.5 Å². The van der Waals surface area contributed by atoms with Gasteiger partial charge in [0.1, 0.15) is 16.2 Å². The molecule has 0 aliphatic carbocycles. The van der Waals surface area contributed by atoms with E-state index in [1.165, 1.54) is 0 Å². The molecule has 0 unspecified atom stereocenters. The minimum absolute atomic E-state index is 0.618. The maximum atomic E-state index is 8.88. The lowest BCUT2D eigenvalue weighted by Crippen LogP contribution is -2.00. The van der Waals surface area contributed by atoms with E-state index in [0.717, 1.165) is 34.8 Å². The fourth-order valence-electron chi connectivity index (χ4n) is 1.68. The number of hydrogen-bond donors (Lipinski definition) is 1. The Morgan fingerprint density at radius 2 is 2.16 bits per heavy atom. The van der Waals surface area contributed by atoms with E-state index in [-0.39, 0.29) is 0 Å². The van der Waals surface area contributed by atoms with Gasteiger partial charge in [0.25, 0.3) is 0 Å². The van der Waals surface area contributed by atoms with Gasteiger partial charge in [-0.1, -0.05) is 13.0 Å². The maximum absolute atomic E-state index is 8.88. The van der Waals surface area contributed by atoms with Crippen molar-refractivity contribution in [3.8, 4) is 6.07 Å². The molecule has 1 aromatic carbocycles. The summed E-state index contributed by atoms with van der Waals surface area (Å²) in [5, 5.41) is 12.1. The smallest absolute Gasteiger partial charge is 0.135 e. The molecule has 0 atom stereocenters. The fraction of sp³-hybridized carbons (Fsp3) is 0.214. The van der Waals surface area contributed by atoms with Crippen molar-refractivity contribution < 1.29 is 0 Å². The zero-order valence-electron chi connectivity index (χ0n) is 10.5. The molecule has 1 heterocycles. The highest BCUT2D eigenvalue weighted by Gasteiger charge is 2.03. The second-order valence-electron chi connectivity index (χ2n) is 4.06. The molecule has 2 aromatic rings. The summed E-state index contributed by atoms with van der Waals surface area (Å²) in [7, 11) is 0. The number of halogens is 1. The molecule has 0 fully saturated rings. The Labute approximate surface area is 120 Å². The number of aromatic nitrogens is 2. The van der Waals surface area contributed by atoms with E-state index in [4.69, 9.17) is 5.26 Å². The van der Waals surface area contributed by atoms with Gasteiger partial charge < -0.3 is 5.32 Å². The van der Waals surface area contributed by atoms with E-state index in [0.29, 0.717) is 5.56 Å². The molecule has 0 saturated carbocycles. The van der Waals surface area contributed by atoms with Crippen molar-refractivity contribution in [2.75, 3.05) is 5.32 Å². The largest absolute Gasteiger partial charge is 0.340 e. The monoisotopic (exact) mass is 316 g/mol. The standard InChI is InChI=1S/C14H13BrN4/c1-2-4-13-18-12(15)8-14(19-13)17-11-6-3-5-10(7-11)9-16/h3,5-8H,2,4H2,1H3,(H,17,18,19). The highest BCUT2D eigenvalue weighted by molar-refractivity contribution is 9.10. The van der Waals surface area contributed by atoms with Gasteiger partial charge in [-0.25, -0.2) is 9.97 Å². The number of nitrogens with zero attached hydrogens (tertiary/aromatic N) is 3. The molecular formula is C14H13BrN4. The Kier molecular flexibility index (Phi) is 4.48. The van der Waals surface area contributed by atoms with Crippen LogP contribution in [0, 0.1) is 11.3 Å². The van der Waals surface area contributed by atoms with E-state index < -0.39 is 0 Å². The maximum Gasteiger partial charge on any atom is 0.135 e. The molecule has 19 heavy (non-hydrogen) atoms. The molecule has 0 amide bonds. The highest BCUT2D eigenvalue weighted by atomic mass is 79.9. The van der Waals surface area contributed by atoms with Crippen molar-refractivity contribution in [1.82, 2.24) is 9.97 Å². The number of hydrogen-bond acceptors (Lipinski definition) is 4. The third-order valence-corrected chi connectivity index (χ3v) is 2.89.